The van der Waals surface area contributed by atoms with Gasteiger partial charge in [-0.2, -0.15) is 0 Å². The molecule has 2 aromatic rings. The summed E-state index contributed by atoms with van der Waals surface area (Å²) in [5.74, 6) is 1.42. The minimum absolute atomic E-state index is 0.00298. The Morgan fingerprint density at radius 2 is 2.05 bits per heavy atom. The summed E-state index contributed by atoms with van der Waals surface area (Å²) in [7, 11) is 0. The smallest absolute Gasteiger partial charge is 0.133 e. The van der Waals surface area contributed by atoms with E-state index < -0.39 is 0 Å². The lowest BCUT2D eigenvalue weighted by Gasteiger charge is -2.12. The van der Waals surface area contributed by atoms with E-state index in [-0.39, 0.29) is 6.61 Å². The fraction of sp³-hybridized carbons (Fsp3) is 0.250. The number of halogens is 1. The average molecular weight is 292 g/mol. The van der Waals surface area contributed by atoms with Crippen LogP contribution in [0.4, 0.5) is 0 Å². The highest BCUT2D eigenvalue weighted by Crippen LogP contribution is 2.29. The van der Waals surface area contributed by atoms with Crippen LogP contribution in [-0.2, 0) is 13.2 Å². The number of nitrogens with one attached hydrogen (secondary N) is 1. The van der Waals surface area contributed by atoms with E-state index in [9.17, 15) is 0 Å². The number of hydrogen-bond acceptors (Lipinski definition) is 3. The number of aliphatic hydroxyl groups is 1. The normalized spacial score (nSPS) is 10.6. The average Bonchev–Trinajstić information content (AvgIpc) is 2.47. The maximum absolute atomic E-state index is 9.16. The van der Waals surface area contributed by atoms with Gasteiger partial charge in [0.15, 0.2) is 0 Å². The summed E-state index contributed by atoms with van der Waals surface area (Å²) in [6.07, 6.45) is 0. The Hall–Kier alpha value is -1.55. The number of ether oxygens (including phenoxy) is 1. The molecule has 106 valence electrons. The highest BCUT2D eigenvalue weighted by atomic mass is 35.5. The third-order valence-electron chi connectivity index (χ3n) is 2.90. The molecule has 0 aromatic heterocycles. The maximum Gasteiger partial charge on any atom is 0.133 e. The summed E-state index contributed by atoms with van der Waals surface area (Å²) in [4.78, 5) is 0. The Morgan fingerprint density at radius 1 is 1.20 bits per heavy atom. The van der Waals surface area contributed by atoms with Gasteiger partial charge in [0, 0.05) is 17.1 Å². The molecule has 0 unspecified atom stereocenters. The van der Waals surface area contributed by atoms with Crippen molar-refractivity contribution in [3.8, 4) is 11.5 Å². The van der Waals surface area contributed by atoms with E-state index in [4.69, 9.17) is 21.4 Å². The van der Waals surface area contributed by atoms with E-state index in [2.05, 4.69) is 12.2 Å². The van der Waals surface area contributed by atoms with E-state index >= 15 is 0 Å². The van der Waals surface area contributed by atoms with Gasteiger partial charge in [0.2, 0.25) is 0 Å². The lowest BCUT2D eigenvalue weighted by atomic mass is 10.2. The molecule has 0 fully saturated rings. The standard InChI is InChI=1S/C16H18ClNO2/c1-2-18-10-13-6-7-14(17)9-16(13)20-15-5-3-4-12(8-15)11-19/h3-9,18-19H,2,10-11H2,1H3. The number of rotatable bonds is 6. The van der Waals surface area contributed by atoms with Crippen LogP contribution in [0, 0.1) is 0 Å². The molecule has 0 heterocycles. The third kappa shape index (κ3) is 3.97. The summed E-state index contributed by atoms with van der Waals surface area (Å²) in [6, 6.07) is 13.0. The molecule has 0 radical (unpaired) electrons. The van der Waals surface area contributed by atoms with Gasteiger partial charge in [0.1, 0.15) is 11.5 Å². The number of hydrogen-bond donors (Lipinski definition) is 2. The molecule has 0 bridgehead atoms. The van der Waals surface area contributed by atoms with Gasteiger partial charge < -0.3 is 15.2 Å². The lowest BCUT2D eigenvalue weighted by molar-refractivity contribution is 0.281. The second-order valence-corrected chi connectivity index (χ2v) is 4.88. The van der Waals surface area contributed by atoms with Crippen molar-refractivity contribution in [1.82, 2.24) is 5.32 Å². The van der Waals surface area contributed by atoms with Gasteiger partial charge in [-0.3, -0.25) is 0 Å². The molecule has 2 rings (SSSR count). The number of aliphatic hydroxyl groups excluding tert-OH is 1. The molecule has 0 aliphatic heterocycles. The maximum atomic E-state index is 9.16. The summed E-state index contributed by atoms with van der Waals surface area (Å²) >= 11 is 6.04. The van der Waals surface area contributed by atoms with Crippen LogP contribution in [0.1, 0.15) is 18.1 Å². The number of benzene rings is 2. The van der Waals surface area contributed by atoms with Gasteiger partial charge in [-0.25, -0.2) is 0 Å². The largest absolute Gasteiger partial charge is 0.457 e. The molecule has 0 saturated heterocycles. The molecule has 0 amide bonds. The molecule has 4 heteroatoms. The lowest BCUT2D eigenvalue weighted by Crippen LogP contribution is -2.12. The fourth-order valence-electron chi connectivity index (χ4n) is 1.86. The summed E-state index contributed by atoms with van der Waals surface area (Å²) in [5, 5.41) is 13.1. The molecule has 0 saturated carbocycles. The van der Waals surface area contributed by atoms with Crippen LogP contribution >= 0.6 is 11.6 Å². The van der Waals surface area contributed by atoms with Crippen molar-refractivity contribution in [2.75, 3.05) is 6.54 Å². The van der Waals surface area contributed by atoms with Crippen LogP contribution in [0.25, 0.3) is 0 Å². The van der Waals surface area contributed by atoms with Crippen molar-refractivity contribution in [2.45, 2.75) is 20.1 Å². The van der Waals surface area contributed by atoms with E-state index in [1.165, 1.54) is 0 Å². The first-order chi connectivity index (χ1) is 9.72. The Bertz CT molecular complexity index is 572. The van der Waals surface area contributed by atoms with Crippen molar-refractivity contribution >= 4 is 11.6 Å². The highest BCUT2D eigenvalue weighted by Gasteiger charge is 2.06. The Labute approximate surface area is 124 Å². The molecule has 0 atom stereocenters. The first-order valence-corrected chi connectivity index (χ1v) is 6.97. The van der Waals surface area contributed by atoms with Crippen LogP contribution < -0.4 is 10.1 Å². The monoisotopic (exact) mass is 291 g/mol. The van der Waals surface area contributed by atoms with Crippen molar-refractivity contribution in [3.63, 3.8) is 0 Å². The van der Waals surface area contributed by atoms with Gasteiger partial charge >= 0.3 is 0 Å². The molecular formula is C16H18ClNO2. The zero-order valence-electron chi connectivity index (χ0n) is 11.4. The quantitative estimate of drug-likeness (QED) is 0.852. The first-order valence-electron chi connectivity index (χ1n) is 6.59. The minimum atomic E-state index is -0.00298. The SMILES string of the molecule is CCNCc1ccc(Cl)cc1Oc1cccc(CO)c1. The van der Waals surface area contributed by atoms with Gasteiger partial charge in [0.25, 0.3) is 0 Å². The van der Waals surface area contributed by atoms with Crippen LogP contribution in [0.2, 0.25) is 5.02 Å². The Morgan fingerprint density at radius 3 is 2.80 bits per heavy atom. The molecule has 0 aliphatic rings. The van der Waals surface area contributed by atoms with Gasteiger partial charge in [-0.05, 0) is 36.4 Å². The van der Waals surface area contributed by atoms with E-state index in [0.717, 1.165) is 30.0 Å². The predicted octanol–water partition coefficient (Wildman–Crippen LogP) is 3.73. The molecular weight excluding hydrogens is 274 g/mol. The predicted molar refractivity (Wildman–Crippen MR) is 81.3 cm³/mol. The van der Waals surface area contributed by atoms with E-state index in [0.29, 0.717) is 10.8 Å². The Kier molecular flexibility index (Phi) is 5.41. The van der Waals surface area contributed by atoms with Crippen LogP contribution in [0.15, 0.2) is 42.5 Å². The first kappa shape index (κ1) is 14.9. The highest BCUT2D eigenvalue weighted by molar-refractivity contribution is 6.30. The van der Waals surface area contributed by atoms with Crippen molar-refractivity contribution < 1.29 is 9.84 Å². The van der Waals surface area contributed by atoms with E-state index in [1.807, 2.05) is 36.4 Å². The molecule has 2 N–H and O–H groups in total. The summed E-state index contributed by atoms with van der Waals surface area (Å²) < 4.78 is 5.89. The van der Waals surface area contributed by atoms with Gasteiger partial charge in [-0.15, -0.1) is 0 Å². The molecule has 0 spiro atoms. The van der Waals surface area contributed by atoms with Crippen molar-refractivity contribution in [1.29, 1.82) is 0 Å². The van der Waals surface area contributed by atoms with Crippen LogP contribution in [-0.4, -0.2) is 11.7 Å². The molecule has 20 heavy (non-hydrogen) atoms. The minimum Gasteiger partial charge on any atom is -0.457 e. The van der Waals surface area contributed by atoms with Gasteiger partial charge in [0.05, 0.1) is 6.61 Å². The summed E-state index contributed by atoms with van der Waals surface area (Å²) in [5.41, 5.74) is 1.86. The molecule has 3 nitrogen and oxygen atoms in total. The van der Waals surface area contributed by atoms with Crippen LogP contribution in [0.3, 0.4) is 0 Å². The van der Waals surface area contributed by atoms with E-state index in [1.54, 1.807) is 6.07 Å². The van der Waals surface area contributed by atoms with Crippen molar-refractivity contribution in [3.05, 3.63) is 58.6 Å². The zero-order chi connectivity index (χ0) is 14.4. The second kappa shape index (κ2) is 7.29. The van der Waals surface area contributed by atoms with Gasteiger partial charge in [-0.1, -0.05) is 36.7 Å². The molecule has 2 aromatic carbocycles. The second-order valence-electron chi connectivity index (χ2n) is 4.44. The fourth-order valence-corrected chi connectivity index (χ4v) is 2.03. The topological polar surface area (TPSA) is 41.5 Å². The third-order valence-corrected chi connectivity index (χ3v) is 3.14. The van der Waals surface area contributed by atoms with Crippen LogP contribution in [0.5, 0.6) is 11.5 Å². The molecule has 0 aliphatic carbocycles. The zero-order valence-corrected chi connectivity index (χ0v) is 12.2. The summed E-state index contributed by atoms with van der Waals surface area (Å²) in [6.45, 7) is 3.67. The van der Waals surface area contributed by atoms with Crippen molar-refractivity contribution in [2.24, 2.45) is 0 Å². The Balaban J connectivity index is 2.24.